The van der Waals surface area contributed by atoms with Crippen molar-refractivity contribution in [1.29, 1.82) is 0 Å². The second-order valence-electron chi connectivity index (χ2n) is 4.26. The third-order valence-electron chi connectivity index (χ3n) is 2.89. The van der Waals surface area contributed by atoms with Crippen molar-refractivity contribution in [3.8, 4) is 11.3 Å². The normalized spacial score (nSPS) is 10.7. The summed E-state index contributed by atoms with van der Waals surface area (Å²) in [5.74, 6) is -0.233. The average Bonchev–Trinajstić information content (AvgIpc) is 3.06. The molecule has 6 heteroatoms. The molecule has 102 valence electrons. The van der Waals surface area contributed by atoms with Crippen molar-refractivity contribution >= 4 is 27.8 Å². The zero-order chi connectivity index (χ0) is 13.9. The van der Waals surface area contributed by atoms with E-state index in [1.165, 1.54) is 17.0 Å². The molecule has 3 aromatic rings. The molecule has 0 bridgehead atoms. The predicted octanol–water partition coefficient (Wildman–Crippen LogP) is 4.33. The van der Waals surface area contributed by atoms with Gasteiger partial charge in [-0.3, -0.25) is 0 Å². The summed E-state index contributed by atoms with van der Waals surface area (Å²) in [5.41, 5.74) is 4.68. The fourth-order valence-electron chi connectivity index (χ4n) is 1.76. The number of anilines is 1. The molecule has 0 saturated carbocycles. The van der Waals surface area contributed by atoms with Gasteiger partial charge in [0, 0.05) is 15.8 Å². The van der Waals surface area contributed by atoms with Crippen LogP contribution in [0.2, 0.25) is 0 Å². The van der Waals surface area contributed by atoms with Gasteiger partial charge in [-0.25, -0.2) is 14.4 Å². The average molecular weight is 305 g/mol. The van der Waals surface area contributed by atoms with E-state index in [-0.39, 0.29) is 5.82 Å². The van der Waals surface area contributed by atoms with Gasteiger partial charge in [-0.2, -0.15) is 0 Å². The Labute approximate surface area is 124 Å². The van der Waals surface area contributed by atoms with Gasteiger partial charge in [-0.05, 0) is 31.2 Å². The molecule has 0 atom stereocenters. The van der Waals surface area contributed by atoms with E-state index in [2.05, 4.69) is 15.3 Å². The predicted molar refractivity (Wildman–Crippen MR) is 81.7 cm³/mol. The van der Waals surface area contributed by atoms with Gasteiger partial charge in [0.25, 0.3) is 0 Å². The standard InChI is InChI=1S/C14H12FN3S2/c1-9-13(20-8-17-9)6-16-14-18-12(7-19-14)10-2-4-11(15)5-3-10/h2-5,7-8H,6H2,1H3,(H,16,18). The molecule has 3 nitrogen and oxygen atoms in total. The minimum atomic E-state index is -0.233. The van der Waals surface area contributed by atoms with E-state index in [9.17, 15) is 4.39 Å². The highest BCUT2D eigenvalue weighted by Crippen LogP contribution is 2.25. The Kier molecular flexibility index (Phi) is 3.75. The van der Waals surface area contributed by atoms with Crippen molar-refractivity contribution in [2.24, 2.45) is 0 Å². The molecule has 0 fully saturated rings. The molecule has 20 heavy (non-hydrogen) atoms. The fourth-order valence-corrected chi connectivity index (χ4v) is 3.20. The van der Waals surface area contributed by atoms with E-state index >= 15 is 0 Å². The number of nitrogens with zero attached hydrogens (tertiary/aromatic N) is 2. The fraction of sp³-hybridized carbons (Fsp3) is 0.143. The van der Waals surface area contributed by atoms with E-state index in [0.717, 1.165) is 28.6 Å². The quantitative estimate of drug-likeness (QED) is 0.780. The molecule has 0 unspecified atom stereocenters. The van der Waals surface area contributed by atoms with Crippen molar-refractivity contribution in [2.45, 2.75) is 13.5 Å². The van der Waals surface area contributed by atoms with Crippen molar-refractivity contribution < 1.29 is 4.39 Å². The maximum atomic E-state index is 12.9. The number of rotatable bonds is 4. The summed E-state index contributed by atoms with van der Waals surface area (Å²) >= 11 is 3.18. The Hall–Kier alpha value is -1.79. The van der Waals surface area contributed by atoms with Crippen molar-refractivity contribution in [2.75, 3.05) is 5.32 Å². The second kappa shape index (κ2) is 5.68. The highest BCUT2D eigenvalue weighted by molar-refractivity contribution is 7.14. The Morgan fingerprint density at radius 3 is 2.70 bits per heavy atom. The zero-order valence-electron chi connectivity index (χ0n) is 10.8. The summed E-state index contributed by atoms with van der Waals surface area (Å²) in [6.45, 7) is 2.73. The lowest BCUT2D eigenvalue weighted by atomic mass is 10.2. The van der Waals surface area contributed by atoms with Crippen LogP contribution in [-0.2, 0) is 6.54 Å². The van der Waals surface area contributed by atoms with Gasteiger partial charge in [-0.1, -0.05) is 0 Å². The van der Waals surface area contributed by atoms with Crippen LogP contribution in [0, 0.1) is 12.7 Å². The number of hydrogen-bond donors (Lipinski definition) is 1. The molecule has 3 rings (SSSR count). The second-order valence-corrected chi connectivity index (χ2v) is 6.06. The molecule has 2 heterocycles. The van der Waals surface area contributed by atoms with Gasteiger partial charge in [-0.15, -0.1) is 22.7 Å². The van der Waals surface area contributed by atoms with Crippen LogP contribution in [-0.4, -0.2) is 9.97 Å². The van der Waals surface area contributed by atoms with E-state index in [1.807, 2.05) is 17.8 Å². The summed E-state index contributed by atoms with van der Waals surface area (Å²) in [5, 5.41) is 6.12. The molecule has 2 aromatic heterocycles. The monoisotopic (exact) mass is 305 g/mol. The van der Waals surface area contributed by atoms with E-state index < -0.39 is 0 Å². The van der Waals surface area contributed by atoms with Crippen LogP contribution in [0.4, 0.5) is 9.52 Å². The van der Waals surface area contributed by atoms with Crippen LogP contribution in [0.3, 0.4) is 0 Å². The van der Waals surface area contributed by atoms with Crippen LogP contribution in [0.5, 0.6) is 0 Å². The summed E-state index contributed by atoms with van der Waals surface area (Å²) in [4.78, 5) is 9.94. The number of aryl methyl sites for hydroxylation is 1. The van der Waals surface area contributed by atoms with E-state index in [4.69, 9.17) is 0 Å². The summed E-state index contributed by atoms with van der Waals surface area (Å²) < 4.78 is 12.9. The minimum absolute atomic E-state index is 0.233. The molecular formula is C14H12FN3S2. The first-order valence-corrected chi connectivity index (χ1v) is 7.82. The molecule has 0 aliphatic rings. The van der Waals surface area contributed by atoms with Crippen molar-refractivity contribution in [3.05, 3.63) is 51.5 Å². The molecule has 0 saturated heterocycles. The lowest BCUT2D eigenvalue weighted by Crippen LogP contribution is -1.98. The van der Waals surface area contributed by atoms with Gasteiger partial charge in [0.2, 0.25) is 0 Å². The Balaban J connectivity index is 1.71. The van der Waals surface area contributed by atoms with Gasteiger partial charge in [0.1, 0.15) is 5.82 Å². The highest BCUT2D eigenvalue weighted by Gasteiger charge is 2.06. The molecule has 0 amide bonds. The van der Waals surface area contributed by atoms with Crippen molar-refractivity contribution in [1.82, 2.24) is 9.97 Å². The van der Waals surface area contributed by atoms with Gasteiger partial charge < -0.3 is 5.32 Å². The molecule has 1 N–H and O–H groups in total. The molecule has 0 aliphatic heterocycles. The largest absolute Gasteiger partial charge is 0.357 e. The van der Waals surface area contributed by atoms with Crippen LogP contribution >= 0.6 is 22.7 Å². The van der Waals surface area contributed by atoms with Crippen LogP contribution in [0.15, 0.2) is 35.2 Å². The first-order chi connectivity index (χ1) is 9.72. The molecule has 1 aromatic carbocycles. The lowest BCUT2D eigenvalue weighted by Gasteiger charge is -2.00. The zero-order valence-corrected chi connectivity index (χ0v) is 12.4. The first kappa shape index (κ1) is 13.2. The number of thiazole rings is 2. The maximum Gasteiger partial charge on any atom is 0.183 e. The van der Waals surface area contributed by atoms with Gasteiger partial charge in [0.05, 0.1) is 23.4 Å². The summed E-state index contributed by atoms with van der Waals surface area (Å²) in [6.07, 6.45) is 0. The number of halogens is 1. The van der Waals surface area contributed by atoms with Crippen molar-refractivity contribution in [3.63, 3.8) is 0 Å². The maximum absolute atomic E-state index is 12.9. The number of benzene rings is 1. The molecule has 0 spiro atoms. The minimum Gasteiger partial charge on any atom is -0.357 e. The van der Waals surface area contributed by atoms with Crippen LogP contribution in [0.1, 0.15) is 10.6 Å². The smallest absolute Gasteiger partial charge is 0.183 e. The van der Waals surface area contributed by atoms with Crippen LogP contribution in [0.25, 0.3) is 11.3 Å². The molecule has 0 aliphatic carbocycles. The number of aromatic nitrogens is 2. The topological polar surface area (TPSA) is 37.8 Å². The first-order valence-electron chi connectivity index (χ1n) is 6.06. The molecule has 0 radical (unpaired) electrons. The van der Waals surface area contributed by atoms with E-state index in [0.29, 0.717) is 0 Å². The third kappa shape index (κ3) is 2.86. The SMILES string of the molecule is Cc1ncsc1CNc1nc(-c2ccc(F)cc2)cs1. The highest BCUT2D eigenvalue weighted by atomic mass is 32.1. The van der Waals surface area contributed by atoms with Crippen LogP contribution < -0.4 is 5.32 Å². The summed E-state index contributed by atoms with van der Waals surface area (Å²) in [6, 6.07) is 6.37. The Morgan fingerprint density at radius 2 is 2.00 bits per heavy atom. The number of nitrogens with one attached hydrogen (secondary N) is 1. The summed E-state index contributed by atoms with van der Waals surface area (Å²) in [7, 11) is 0. The Bertz CT molecular complexity index is 703. The lowest BCUT2D eigenvalue weighted by molar-refractivity contribution is 0.628. The van der Waals surface area contributed by atoms with E-state index in [1.54, 1.807) is 34.8 Å². The molecular weight excluding hydrogens is 293 g/mol. The van der Waals surface area contributed by atoms with Gasteiger partial charge in [0.15, 0.2) is 5.13 Å². The Morgan fingerprint density at radius 1 is 1.20 bits per heavy atom. The van der Waals surface area contributed by atoms with Gasteiger partial charge >= 0.3 is 0 Å². The third-order valence-corrected chi connectivity index (χ3v) is 4.62. The number of hydrogen-bond acceptors (Lipinski definition) is 5.